The van der Waals surface area contributed by atoms with E-state index in [4.69, 9.17) is 0 Å². The zero-order valence-electron chi connectivity index (χ0n) is 19.8. The quantitative estimate of drug-likeness (QED) is 0.635. The van der Waals surface area contributed by atoms with Crippen molar-refractivity contribution in [3.63, 3.8) is 0 Å². The van der Waals surface area contributed by atoms with Crippen LogP contribution in [0, 0.1) is 5.92 Å². The Morgan fingerprint density at radius 3 is 2.35 bits per heavy atom. The second kappa shape index (κ2) is 9.97. The van der Waals surface area contributed by atoms with E-state index in [0.717, 1.165) is 56.4 Å². The number of piperidine rings is 2. The molecule has 2 saturated heterocycles. The minimum Gasteiger partial charge on any atom is -0.353 e. The van der Waals surface area contributed by atoms with Gasteiger partial charge in [0.05, 0.1) is 11.0 Å². The second-order valence-electron chi connectivity index (χ2n) is 9.59. The van der Waals surface area contributed by atoms with E-state index in [9.17, 15) is 9.59 Å². The first kappa shape index (κ1) is 22.6. The lowest BCUT2D eigenvalue weighted by molar-refractivity contribution is -0.126. The third kappa shape index (κ3) is 4.85. The van der Waals surface area contributed by atoms with Crippen molar-refractivity contribution in [1.82, 2.24) is 19.8 Å². The molecule has 3 heterocycles. The van der Waals surface area contributed by atoms with Gasteiger partial charge < -0.3 is 14.8 Å². The summed E-state index contributed by atoms with van der Waals surface area (Å²) in [5, 5.41) is 3.31. The summed E-state index contributed by atoms with van der Waals surface area (Å²) in [5.41, 5.74) is 2.91. The molecule has 0 unspecified atom stereocenters. The Hall–Kier alpha value is -3.19. The van der Waals surface area contributed by atoms with Crippen LogP contribution in [0.5, 0.6) is 0 Å². The van der Waals surface area contributed by atoms with Crippen molar-refractivity contribution in [2.24, 2.45) is 13.0 Å². The molecule has 7 nitrogen and oxygen atoms in total. The SMILES string of the molecule is Cn1c(=O)c(N2CCC(C(=O)NC3CCN(Cc4ccccc4)CC3)CC2)nc2ccccc21. The molecule has 5 rings (SSSR count). The van der Waals surface area contributed by atoms with Crippen LogP contribution in [0.15, 0.2) is 59.4 Å². The number of benzene rings is 2. The Bertz CT molecular complexity index is 1190. The molecule has 2 aliphatic rings. The Labute approximate surface area is 200 Å². The van der Waals surface area contributed by atoms with Crippen LogP contribution in [0.2, 0.25) is 0 Å². The van der Waals surface area contributed by atoms with Gasteiger partial charge in [-0.05, 0) is 43.4 Å². The average Bonchev–Trinajstić information content (AvgIpc) is 2.88. The van der Waals surface area contributed by atoms with Crippen molar-refractivity contribution in [2.45, 2.75) is 38.3 Å². The maximum Gasteiger partial charge on any atom is 0.293 e. The van der Waals surface area contributed by atoms with Crippen LogP contribution in [0.25, 0.3) is 11.0 Å². The number of para-hydroxylation sites is 2. The number of aromatic nitrogens is 2. The van der Waals surface area contributed by atoms with Crippen LogP contribution >= 0.6 is 0 Å². The fraction of sp³-hybridized carbons (Fsp3) is 0.444. The van der Waals surface area contributed by atoms with E-state index >= 15 is 0 Å². The van der Waals surface area contributed by atoms with Gasteiger partial charge in [0.15, 0.2) is 5.82 Å². The van der Waals surface area contributed by atoms with Gasteiger partial charge in [0.1, 0.15) is 0 Å². The summed E-state index contributed by atoms with van der Waals surface area (Å²) in [6, 6.07) is 18.5. The average molecular weight is 460 g/mol. The number of nitrogens with one attached hydrogen (secondary N) is 1. The summed E-state index contributed by atoms with van der Waals surface area (Å²) < 4.78 is 1.67. The maximum absolute atomic E-state index is 13.0. The summed E-state index contributed by atoms with van der Waals surface area (Å²) in [4.78, 5) is 35.0. The molecular weight excluding hydrogens is 426 g/mol. The van der Waals surface area contributed by atoms with Crippen molar-refractivity contribution < 1.29 is 4.79 Å². The van der Waals surface area contributed by atoms with E-state index in [1.54, 1.807) is 11.6 Å². The van der Waals surface area contributed by atoms with Crippen molar-refractivity contribution in [3.05, 3.63) is 70.5 Å². The highest BCUT2D eigenvalue weighted by Gasteiger charge is 2.29. The standard InChI is InChI=1S/C27H33N5O2/c1-30-24-10-6-5-9-23(24)29-25(27(30)34)32-17-11-21(12-18-32)26(33)28-22-13-15-31(16-14-22)19-20-7-3-2-4-8-20/h2-10,21-22H,11-19H2,1H3,(H,28,33). The first-order chi connectivity index (χ1) is 16.6. The van der Waals surface area contributed by atoms with E-state index in [1.807, 2.05) is 35.2 Å². The fourth-order valence-corrected chi connectivity index (χ4v) is 5.22. The number of hydrogen-bond acceptors (Lipinski definition) is 5. The summed E-state index contributed by atoms with van der Waals surface area (Å²) in [6.45, 7) is 4.34. The van der Waals surface area contributed by atoms with Crippen molar-refractivity contribution >= 4 is 22.8 Å². The molecule has 0 aliphatic carbocycles. The Morgan fingerprint density at radius 1 is 0.941 bits per heavy atom. The highest BCUT2D eigenvalue weighted by atomic mass is 16.2. The molecule has 0 bridgehead atoms. The Kier molecular flexibility index (Phi) is 6.63. The van der Waals surface area contributed by atoms with Crippen LogP contribution in [0.3, 0.4) is 0 Å². The predicted molar refractivity (Wildman–Crippen MR) is 135 cm³/mol. The first-order valence-corrected chi connectivity index (χ1v) is 12.4. The first-order valence-electron chi connectivity index (χ1n) is 12.4. The minimum absolute atomic E-state index is 0.00269. The predicted octanol–water partition coefficient (Wildman–Crippen LogP) is 2.93. The number of rotatable bonds is 5. The number of anilines is 1. The number of likely N-dealkylation sites (tertiary alicyclic amines) is 1. The van der Waals surface area contributed by atoms with Crippen molar-refractivity contribution in [2.75, 3.05) is 31.1 Å². The molecule has 0 saturated carbocycles. The molecule has 7 heteroatoms. The van der Waals surface area contributed by atoms with Gasteiger partial charge in [-0.2, -0.15) is 0 Å². The zero-order chi connectivity index (χ0) is 23.5. The van der Waals surface area contributed by atoms with Crippen LogP contribution in [-0.4, -0.2) is 52.6 Å². The summed E-state index contributed by atoms with van der Waals surface area (Å²) in [6.07, 6.45) is 3.48. The van der Waals surface area contributed by atoms with Gasteiger partial charge in [0.2, 0.25) is 5.91 Å². The van der Waals surface area contributed by atoms with Gasteiger partial charge in [-0.25, -0.2) is 4.98 Å². The molecule has 2 aliphatic heterocycles. The topological polar surface area (TPSA) is 70.5 Å². The van der Waals surface area contributed by atoms with Crippen molar-refractivity contribution in [1.29, 1.82) is 0 Å². The minimum atomic E-state index is -0.0798. The number of carbonyl (C=O) groups excluding carboxylic acids is 1. The monoisotopic (exact) mass is 459 g/mol. The van der Waals surface area contributed by atoms with Gasteiger partial charge in [-0.1, -0.05) is 42.5 Å². The number of hydrogen-bond donors (Lipinski definition) is 1. The maximum atomic E-state index is 13.0. The van der Waals surface area contributed by atoms with E-state index in [2.05, 4.69) is 39.5 Å². The third-order valence-electron chi connectivity index (χ3n) is 7.31. The van der Waals surface area contributed by atoms with Gasteiger partial charge in [-0.3, -0.25) is 14.5 Å². The van der Waals surface area contributed by atoms with Crippen LogP contribution in [-0.2, 0) is 18.4 Å². The summed E-state index contributed by atoms with van der Waals surface area (Å²) >= 11 is 0. The molecule has 0 radical (unpaired) electrons. The number of nitrogens with zero attached hydrogens (tertiary/aromatic N) is 4. The molecule has 2 aromatic carbocycles. The number of amides is 1. The molecule has 1 N–H and O–H groups in total. The third-order valence-corrected chi connectivity index (χ3v) is 7.31. The molecule has 3 aromatic rings. The lowest BCUT2D eigenvalue weighted by Crippen LogP contribution is -2.48. The Morgan fingerprint density at radius 2 is 1.62 bits per heavy atom. The molecule has 178 valence electrons. The van der Waals surface area contributed by atoms with Crippen LogP contribution < -0.4 is 15.8 Å². The van der Waals surface area contributed by atoms with Crippen LogP contribution in [0.4, 0.5) is 5.82 Å². The molecule has 0 spiro atoms. The number of fused-ring (bicyclic) bond motifs is 1. The van der Waals surface area contributed by atoms with Gasteiger partial charge >= 0.3 is 0 Å². The molecule has 2 fully saturated rings. The lowest BCUT2D eigenvalue weighted by atomic mass is 9.94. The number of carbonyl (C=O) groups is 1. The van der Waals surface area contributed by atoms with E-state index in [0.29, 0.717) is 18.9 Å². The second-order valence-corrected chi connectivity index (χ2v) is 9.59. The Balaban J connectivity index is 1.12. The number of aryl methyl sites for hydroxylation is 1. The highest BCUT2D eigenvalue weighted by Crippen LogP contribution is 2.23. The van der Waals surface area contributed by atoms with Crippen LogP contribution in [0.1, 0.15) is 31.2 Å². The smallest absolute Gasteiger partial charge is 0.293 e. The van der Waals surface area contributed by atoms with Gasteiger partial charge in [0, 0.05) is 51.7 Å². The van der Waals surface area contributed by atoms with E-state index in [-0.39, 0.29) is 23.4 Å². The molecular formula is C27H33N5O2. The zero-order valence-corrected chi connectivity index (χ0v) is 19.8. The van der Waals surface area contributed by atoms with E-state index in [1.165, 1.54) is 5.56 Å². The lowest BCUT2D eigenvalue weighted by Gasteiger charge is -2.35. The largest absolute Gasteiger partial charge is 0.353 e. The van der Waals surface area contributed by atoms with E-state index < -0.39 is 0 Å². The normalized spacial score (nSPS) is 18.3. The highest BCUT2D eigenvalue weighted by molar-refractivity contribution is 5.79. The molecule has 34 heavy (non-hydrogen) atoms. The summed E-state index contributed by atoms with van der Waals surface area (Å²) in [5.74, 6) is 0.661. The fourth-order valence-electron chi connectivity index (χ4n) is 5.22. The van der Waals surface area contributed by atoms with Gasteiger partial charge in [-0.15, -0.1) is 0 Å². The van der Waals surface area contributed by atoms with Gasteiger partial charge in [0.25, 0.3) is 5.56 Å². The molecule has 1 amide bonds. The van der Waals surface area contributed by atoms with Crippen molar-refractivity contribution in [3.8, 4) is 0 Å². The molecule has 0 atom stereocenters. The molecule has 1 aromatic heterocycles. The summed E-state index contributed by atoms with van der Waals surface area (Å²) in [7, 11) is 1.79.